The van der Waals surface area contributed by atoms with Crippen LogP contribution in [0.15, 0.2) is 0 Å². The number of nitrogens with zero attached hydrogens (tertiary/aromatic N) is 1. The van der Waals surface area contributed by atoms with E-state index in [-0.39, 0.29) is 24.6 Å². The molecule has 0 radical (unpaired) electrons. The Morgan fingerprint density at radius 3 is 2.47 bits per heavy atom. The smallest absolute Gasteiger partial charge is 0.303 e. The van der Waals surface area contributed by atoms with Crippen LogP contribution in [-0.4, -0.2) is 54.6 Å². The number of aliphatic carboxylic acids is 1. The number of hydrogen-bond donors (Lipinski definition) is 1. The molecule has 0 saturated heterocycles. The summed E-state index contributed by atoms with van der Waals surface area (Å²) in [6.45, 7) is 1.95. The summed E-state index contributed by atoms with van der Waals surface area (Å²) in [6.07, 6.45) is 2.76. The van der Waals surface area contributed by atoms with Crippen molar-refractivity contribution in [3.05, 3.63) is 0 Å². The average Bonchev–Trinajstić information content (AvgIpc) is 2.24. The third-order valence-corrected chi connectivity index (χ3v) is 5.27. The summed E-state index contributed by atoms with van der Waals surface area (Å²) in [5, 5.41) is 8.48. The van der Waals surface area contributed by atoms with Crippen LogP contribution < -0.4 is 0 Å². The Hall–Kier alpha value is -0.270. The summed E-state index contributed by atoms with van der Waals surface area (Å²) < 4.78 is 25.2. The van der Waals surface area contributed by atoms with Crippen LogP contribution in [0.5, 0.6) is 0 Å². The maximum absolute atomic E-state index is 11.9. The van der Waals surface area contributed by atoms with Crippen LogP contribution in [0.2, 0.25) is 0 Å². The highest BCUT2D eigenvalue weighted by atomic mass is 32.2. The minimum Gasteiger partial charge on any atom is -0.481 e. The molecule has 102 valence electrons. The molecule has 17 heavy (non-hydrogen) atoms. The Morgan fingerprint density at radius 1 is 1.47 bits per heavy atom. The number of carbonyl (C=O) groups is 1. The lowest BCUT2D eigenvalue weighted by Crippen LogP contribution is -2.39. The van der Waals surface area contributed by atoms with Gasteiger partial charge in [-0.2, -0.15) is 11.8 Å². The minimum atomic E-state index is -3.33. The fourth-order valence-electron chi connectivity index (χ4n) is 1.45. The van der Waals surface area contributed by atoms with Gasteiger partial charge in [0.25, 0.3) is 0 Å². The van der Waals surface area contributed by atoms with Crippen molar-refractivity contribution in [2.45, 2.75) is 32.2 Å². The zero-order valence-corrected chi connectivity index (χ0v) is 12.2. The van der Waals surface area contributed by atoms with Crippen LogP contribution >= 0.6 is 11.8 Å². The molecule has 7 heteroatoms. The summed E-state index contributed by atoms with van der Waals surface area (Å²) in [6, 6.07) is -0.0140. The van der Waals surface area contributed by atoms with Gasteiger partial charge in [0.1, 0.15) is 0 Å². The largest absolute Gasteiger partial charge is 0.481 e. The maximum Gasteiger partial charge on any atom is 0.303 e. The predicted molar refractivity (Wildman–Crippen MR) is 70.9 cm³/mol. The molecule has 1 N–H and O–H groups in total. The highest BCUT2D eigenvalue weighted by Gasteiger charge is 2.24. The summed E-state index contributed by atoms with van der Waals surface area (Å²) in [4.78, 5) is 10.3. The van der Waals surface area contributed by atoms with E-state index >= 15 is 0 Å². The molecule has 0 bridgehead atoms. The quantitative estimate of drug-likeness (QED) is 0.689. The second kappa shape index (κ2) is 7.94. The van der Waals surface area contributed by atoms with Gasteiger partial charge in [0.05, 0.1) is 5.75 Å². The van der Waals surface area contributed by atoms with Gasteiger partial charge in [-0.3, -0.25) is 4.79 Å². The number of carboxylic acid groups (broad SMARTS) is 1. The Labute approximate surface area is 108 Å². The lowest BCUT2D eigenvalue weighted by atomic mass is 10.3. The summed E-state index contributed by atoms with van der Waals surface area (Å²) in [5.41, 5.74) is 0. The van der Waals surface area contributed by atoms with Crippen molar-refractivity contribution in [2.75, 3.05) is 24.8 Å². The van der Waals surface area contributed by atoms with Crippen LogP contribution in [-0.2, 0) is 14.8 Å². The molecule has 0 aromatic carbocycles. The van der Waals surface area contributed by atoms with Crippen molar-refractivity contribution >= 4 is 27.8 Å². The van der Waals surface area contributed by atoms with Crippen molar-refractivity contribution in [3.8, 4) is 0 Å². The van der Waals surface area contributed by atoms with Gasteiger partial charge in [0.15, 0.2) is 0 Å². The molecule has 0 aliphatic rings. The standard InChI is InChI=1S/C10H21NO4S2/c1-4-9(8-16-3)11(2)17(14,15)7-5-6-10(12)13/h9H,4-8H2,1-3H3,(H,12,13). The molecule has 1 atom stereocenters. The predicted octanol–water partition coefficient (Wildman–Crippen LogP) is 1.25. The van der Waals surface area contributed by atoms with Gasteiger partial charge in [-0.15, -0.1) is 0 Å². The molecule has 0 spiro atoms. The molecular formula is C10H21NO4S2. The van der Waals surface area contributed by atoms with E-state index in [1.54, 1.807) is 18.8 Å². The van der Waals surface area contributed by atoms with Crippen LogP contribution in [0.3, 0.4) is 0 Å². The lowest BCUT2D eigenvalue weighted by Gasteiger charge is -2.25. The second-order valence-corrected chi connectivity index (χ2v) is 6.91. The number of rotatable bonds is 9. The fraction of sp³-hybridized carbons (Fsp3) is 0.900. The number of sulfonamides is 1. The van der Waals surface area contributed by atoms with E-state index in [1.807, 2.05) is 13.2 Å². The van der Waals surface area contributed by atoms with Crippen molar-refractivity contribution in [1.29, 1.82) is 0 Å². The topological polar surface area (TPSA) is 74.7 Å². The first-order chi connectivity index (χ1) is 7.85. The second-order valence-electron chi connectivity index (χ2n) is 3.85. The molecule has 0 rings (SSSR count). The van der Waals surface area contributed by atoms with Crippen LogP contribution in [0.25, 0.3) is 0 Å². The Bertz CT molecular complexity index is 329. The number of carboxylic acids is 1. The Balaban J connectivity index is 4.41. The Kier molecular flexibility index (Phi) is 7.82. The molecule has 0 fully saturated rings. The highest BCUT2D eigenvalue weighted by molar-refractivity contribution is 7.98. The molecule has 0 aliphatic heterocycles. The van der Waals surface area contributed by atoms with Gasteiger partial charge in [-0.1, -0.05) is 6.92 Å². The molecule has 0 aliphatic carbocycles. The highest BCUT2D eigenvalue weighted by Crippen LogP contribution is 2.13. The third-order valence-electron chi connectivity index (χ3n) is 2.58. The van der Waals surface area contributed by atoms with Gasteiger partial charge >= 0.3 is 5.97 Å². The van der Waals surface area contributed by atoms with E-state index in [1.165, 1.54) is 4.31 Å². The van der Waals surface area contributed by atoms with E-state index in [9.17, 15) is 13.2 Å². The molecule has 0 heterocycles. The van der Waals surface area contributed by atoms with E-state index in [2.05, 4.69) is 0 Å². The number of thioether (sulfide) groups is 1. The monoisotopic (exact) mass is 283 g/mol. The third kappa shape index (κ3) is 6.28. The maximum atomic E-state index is 11.9. The fourth-order valence-corrected chi connectivity index (χ4v) is 3.86. The Morgan fingerprint density at radius 2 is 2.06 bits per heavy atom. The average molecular weight is 283 g/mol. The van der Waals surface area contributed by atoms with Gasteiger partial charge in [-0.05, 0) is 19.1 Å². The van der Waals surface area contributed by atoms with Crippen LogP contribution in [0.4, 0.5) is 0 Å². The van der Waals surface area contributed by atoms with E-state index in [0.29, 0.717) is 0 Å². The minimum absolute atomic E-state index is 0.0140. The van der Waals surface area contributed by atoms with Gasteiger partial charge < -0.3 is 5.11 Å². The molecule has 0 aromatic heterocycles. The SMILES string of the molecule is CCC(CSC)N(C)S(=O)(=O)CCCC(=O)O. The molecular weight excluding hydrogens is 262 g/mol. The van der Waals surface area contributed by atoms with Crippen molar-refractivity contribution in [3.63, 3.8) is 0 Å². The van der Waals surface area contributed by atoms with E-state index < -0.39 is 16.0 Å². The molecule has 0 aromatic rings. The first kappa shape index (κ1) is 16.7. The van der Waals surface area contributed by atoms with E-state index in [4.69, 9.17) is 5.11 Å². The van der Waals surface area contributed by atoms with Crippen molar-refractivity contribution < 1.29 is 18.3 Å². The first-order valence-corrected chi connectivity index (χ1v) is 8.51. The molecule has 5 nitrogen and oxygen atoms in total. The van der Waals surface area contributed by atoms with Gasteiger partial charge in [0.2, 0.25) is 10.0 Å². The summed E-state index contributed by atoms with van der Waals surface area (Å²) in [7, 11) is -1.76. The molecule has 0 saturated carbocycles. The van der Waals surface area contributed by atoms with Crippen LogP contribution in [0.1, 0.15) is 26.2 Å². The van der Waals surface area contributed by atoms with Crippen molar-refractivity contribution in [1.82, 2.24) is 4.31 Å². The van der Waals surface area contributed by atoms with Gasteiger partial charge in [0, 0.05) is 25.3 Å². The summed E-state index contributed by atoms with van der Waals surface area (Å²) in [5.74, 6) is -0.301. The zero-order valence-electron chi connectivity index (χ0n) is 10.5. The van der Waals surface area contributed by atoms with E-state index in [0.717, 1.165) is 12.2 Å². The summed E-state index contributed by atoms with van der Waals surface area (Å²) >= 11 is 1.61. The first-order valence-electron chi connectivity index (χ1n) is 5.51. The van der Waals surface area contributed by atoms with Crippen molar-refractivity contribution in [2.24, 2.45) is 0 Å². The van der Waals surface area contributed by atoms with Crippen LogP contribution in [0, 0.1) is 0 Å². The van der Waals surface area contributed by atoms with Gasteiger partial charge in [-0.25, -0.2) is 12.7 Å². The molecule has 0 amide bonds. The lowest BCUT2D eigenvalue weighted by molar-refractivity contribution is -0.137. The zero-order chi connectivity index (χ0) is 13.5. The normalized spacial score (nSPS) is 13.9. The molecule has 1 unspecified atom stereocenters. The number of hydrogen-bond acceptors (Lipinski definition) is 4.